The molecule has 0 atom stereocenters. The van der Waals surface area contributed by atoms with Crippen LogP contribution in [0.5, 0.6) is 0 Å². The molecule has 0 saturated carbocycles. The van der Waals surface area contributed by atoms with Crippen molar-refractivity contribution in [2.75, 3.05) is 10.6 Å². The van der Waals surface area contributed by atoms with E-state index in [2.05, 4.69) is 26.6 Å². The van der Waals surface area contributed by atoms with Crippen molar-refractivity contribution in [2.45, 2.75) is 26.8 Å². The van der Waals surface area contributed by atoms with Gasteiger partial charge in [0.05, 0.1) is 17.3 Å². The Morgan fingerprint density at radius 1 is 1.30 bits per heavy atom. The van der Waals surface area contributed by atoms with E-state index in [9.17, 15) is 4.79 Å². The third kappa shape index (κ3) is 3.42. The maximum absolute atomic E-state index is 11.5. The Balaban J connectivity index is 2.10. The summed E-state index contributed by atoms with van der Waals surface area (Å²) in [7, 11) is 0. The summed E-state index contributed by atoms with van der Waals surface area (Å²) >= 11 is 3.42. The van der Waals surface area contributed by atoms with Crippen molar-refractivity contribution < 1.29 is 9.21 Å². The Morgan fingerprint density at radius 3 is 2.70 bits per heavy atom. The van der Waals surface area contributed by atoms with Gasteiger partial charge in [0.25, 0.3) is 0 Å². The second-order valence-corrected chi connectivity index (χ2v) is 5.28. The van der Waals surface area contributed by atoms with Crippen LogP contribution in [0.25, 0.3) is 0 Å². The summed E-state index contributed by atoms with van der Waals surface area (Å²) in [6.45, 7) is 4.39. The van der Waals surface area contributed by atoms with Crippen LogP contribution < -0.4 is 10.6 Å². The Hall–Kier alpha value is -1.75. The first-order valence-electron chi connectivity index (χ1n) is 6.47. The fourth-order valence-corrected chi connectivity index (χ4v) is 2.17. The largest absolute Gasteiger partial charge is 0.466 e. The summed E-state index contributed by atoms with van der Waals surface area (Å²) in [6, 6.07) is 7.66. The minimum atomic E-state index is 0.0130. The summed E-state index contributed by atoms with van der Waals surface area (Å²) in [6.07, 6.45) is 2.11. The first-order valence-corrected chi connectivity index (χ1v) is 7.26. The van der Waals surface area contributed by atoms with E-state index >= 15 is 0 Å². The van der Waals surface area contributed by atoms with Crippen LogP contribution >= 0.6 is 15.9 Å². The lowest BCUT2D eigenvalue weighted by Crippen LogP contribution is -2.11. The van der Waals surface area contributed by atoms with Gasteiger partial charge in [-0.1, -0.05) is 13.0 Å². The van der Waals surface area contributed by atoms with Crippen LogP contribution in [0.1, 0.15) is 24.7 Å². The molecule has 0 radical (unpaired) electrons. The van der Waals surface area contributed by atoms with Gasteiger partial charge in [0.1, 0.15) is 5.76 Å². The van der Waals surface area contributed by atoms with Crippen molar-refractivity contribution in [1.82, 2.24) is 0 Å². The molecule has 0 aliphatic rings. The van der Waals surface area contributed by atoms with Gasteiger partial charge in [0.2, 0.25) is 5.91 Å². The lowest BCUT2D eigenvalue weighted by atomic mass is 10.1. The molecule has 2 aromatic rings. The monoisotopic (exact) mass is 336 g/mol. The van der Waals surface area contributed by atoms with Crippen LogP contribution in [0.3, 0.4) is 0 Å². The van der Waals surface area contributed by atoms with E-state index in [0.29, 0.717) is 13.0 Å². The third-order valence-electron chi connectivity index (χ3n) is 3.06. The second kappa shape index (κ2) is 6.61. The smallest absolute Gasteiger partial charge is 0.224 e. The molecule has 1 aromatic heterocycles. The summed E-state index contributed by atoms with van der Waals surface area (Å²) in [5.74, 6) is 0.853. The van der Waals surface area contributed by atoms with Gasteiger partial charge >= 0.3 is 0 Å². The number of anilines is 2. The number of carbonyl (C=O) groups is 1. The summed E-state index contributed by atoms with van der Waals surface area (Å²) in [4.78, 5) is 11.5. The van der Waals surface area contributed by atoms with Crippen LogP contribution in [0, 0.1) is 6.92 Å². The maximum atomic E-state index is 11.5. The van der Waals surface area contributed by atoms with Gasteiger partial charge in [-0.15, -0.1) is 0 Å². The number of benzene rings is 1. The molecule has 1 amide bonds. The zero-order valence-electron chi connectivity index (χ0n) is 11.5. The number of rotatable bonds is 5. The molecule has 0 saturated heterocycles. The lowest BCUT2D eigenvalue weighted by Gasteiger charge is -2.13. The van der Waals surface area contributed by atoms with Gasteiger partial charge in [0, 0.05) is 17.8 Å². The highest BCUT2D eigenvalue weighted by Gasteiger charge is 2.08. The summed E-state index contributed by atoms with van der Waals surface area (Å²) in [5.41, 5.74) is 2.82. The highest BCUT2D eigenvalue weighted by molar-refractivity contribution is 9.10. The molecule has 1 heterocycles. The maximum Gasteiger partial charge on any atom is 0.224 e. The molecule has 106 valence electrons. The van der Waals surface area contributed by atoms with Gasteiger partial charge in [-0.3, -0.25) is 4.79 Å². The van der Waals surface area contributed by atoms with E-state index in [1.165, 1.54) is 0 Å². The van der Waals surface area contributed by atoms with Crippen molar-refractivity contribution in [3.8, 4) is 0 Å². The van der Waals surface area contributed by atoms with Crippen molar-refractivity contribution in [3.63, 3.8) is 0 Å². The Bertz CT molecular complexity index is 608. The molecule has 0 aliphatic carbocycles. The summed E-state index contributed by atoms with van der Waals surface area (Å²) < 4.78 is 6.30. The van der Waals surface area contributed by atoms with Gasteiger partial charge in [-0.05, 0) is 46.6 Å². The van der Waals surface area contributed by atoms with Crippen LogP contribution in [-0.4, -0.2) is 5.91 Å². The number of hydrogen-bond donors (Lipinski definition) is 2. The Morgan fingerprint density at radius 2 is 2.05 bits per heavy atom. The van der Waals surface area contributed by atoms with Crippen molar-refractivity contribution >= 4 is 33.2 Å². The Kier molecular flexibility index (Phi) is 4.84. The average molecular weight is 337 g/mol. The highest BCUT2D eigenvalue weighted by Crippen LogP contribution is 2.25. The van der Waals surface area contributed by atoms with Gasteiger partial charge in [-0.25, -0.2) is 0 Å². The van der Waals surface area contributed by atoms with E-state index in [1.54, 1.807) is 6.26 Å². The molecule has 0 spiro atoms. The molecule has 4 nitrogen and oxygen atoms in total. The van der Waals surface area contributed by atoms with Crippen molar-refractivity contribution in [3.05, 3.63) is 46.3 Å². The SMILES string of the molecule is CCC(=O)Nc1cccc(NCc2occc2Br)c1C. The van der Waals surface area contributed by atoms with E-state index in [-0.39, 0.29) is 5.91 Å². The molecule has 5 heteroatoms. The van der Waals surface area contributed by atoms with Crippen molar-refractivity contribution in [2.24, 2.45) is 0 Å². The van der Waals surface area contributed by atoms with Crippen LogP contribution in [0.15, 0.2) is 39.4 Å². The minimum absolute atomic E-state index is 0.0130. The molecule has 0 aliphatic heterocycles. The van der Waals surface area contributed by atoms with Gasteiger partial charge in [0.15, 0.2) is 0 Å². The molecule has 2 rings (SSSR count). The second-order valence-electron chi connectivity index (χ2n) is 4.43. The zero-order chi connectivity index (χ0) is 14.5. The number of nitrogens with one attached hydrogen (secondary N) is 2. The molecule has 0 fully saturated rings. The quantitative estimate of drug-likeness (QED) is 0.855. The molecule has 0 bridgehead atoms. The average Bonchev–Trinajstić information content (AvgIpc) is 2.85. The lowest BCUT2D eigenvalue weighted by molar-refractivity contribution is -0.115. The fourth-order valence-electron chi connectivity index (χ4n) is 1.83. The van der Waals surface area contributed by atoms with Crippen molar-refractivity contribution in [1.29, 1.82) is 0 Å². The zero-order valence-corrected chi connectivity index (χ0v) is 13.1. The summed E-state index contributed by atoms with van der Waals surface area (Å²) in [5, 5.41) is 6.21. The van der Waals surface area contributed by atoms with Gasteiger partial charge < -0.3 is 15.1 Å². The number of carbonyl (C=O) groups excluding carboxylic acids is 1. The number of amides is 1. The van der Waals surface area contributed by atoms with E-state index in [0.717, 1.165) is 27.2 Å². The number of hydrogen-bond acceptors (Lipinski definition) is 3. The molecular weight excluding hydrogens is 320 g/mol. The Labute approximate surface area is 126 Å². The van der Waals surface area contributed by atoms with E-state index in [1.807, 2.05) is 38.1 Å². The minimum Gasteiger partial charge on any atom is -0.466 e. The molecular formula is C15H17BrN2O2. The van der Waals surface area contributed by atoms with E-state index < -0.39 is 0 Å². The predicted octanol–water partition coefficient (Wildman–Crippen LogP) is 4.31. The number of furan rings is 1. The number of halogens is 1. The normalized spacial score (nSPS) is 10.3. The van der Waals surface area contributed by atoms with Crippen LogP contribution in [-0.2, 0) is 11.3 Å². The highest BCUT2D eigenvalue weighted by atomic mass is 79.9. The first kappa shape index (κ1) is 14.7. The van der Waals surface area contributed by atoms with Crippen LogP contribution in [0.2, 0.25) is 0 Å². The third-order valence-corrected chi connectivity index (χ3v) is 3.77. The molecule has 20 heavy (non-hydrogen) atoms. The van der Waals surface area contributed by atoms with Gasteiger partial charge in [-0.2, -0.15) is 0 Å². The molecule has 2 N–H and O–H groups in total. The van der Waals surface area contributed by atoms with Crippen LogP contribution in [0.4, 0.5) is 11.4 Å². The molecule has 1 aromatic carbocycles. The standard InChI is InChI=1S/C15H17BrN2O2/c1-3-15(19)18-13-6-4-5-12(10(13)2)17-9-14-11(16)7-8-20-14/h4-8,17H,3,9H2,1-2H3,(H,18,19). The predicted molar refractivity (Wildman–Crippen MR) is 83.8 cm³/mol. The fraction of sp³-hybridized carbons (Fsp3) is 0.267. The molecule has 0 unspecified atom stereocenters. The van der Waals surface area contributed by atoms with E-state index in [4.69, 9.17) is 4.42 Å². The topological polar surface area (TPSA) is 54.3 Å². The first-order chi connectivity index (χ1) is 9.61.